The highest BCUT2D eigenvalue weighted by Crippen LogP contribution is 2.26. The maximum absolute atomic E-state index is 10.9. The molecule has 0 aromatic carbocycles. The molecular weight excluding hydrogens is 144 g/mol. The van der Waals surface area contributed by atoms with Gasteiger partial charge in [0.2, 0.25) is 0 Å². The zero-order valence-electron chi connectivity index (χ0n) is 6.49. The van der Waals surface area contributed by atoms with Gasteiger partial charge in [-0.2, -0.15) is 0 Å². The molecule has 0 aromatic heterocycles. The van der Waals surface area contributed by atoms with Crippen molar-refractivity contribution in [2.24, 2.45) is 11.8 Å². The van der Waals surface area contributed by atoms with Crippen LogP contribution in [0.1, 0.15) is 19.8 Å². The number of aldehydes is 1. The molecule has 3 nitrogen and oxygen atoms in total. The number of aliphatic hydroxyl groups is 1. The van der Waals surface area contributed by atoms with Crippen molar-refractivity contribution in [1.82, 2.24) is 0 Å². The van der Waals surface area contributed by atoms with Gasteiger partial charge < -0.3 is 9.90 Å². The molecule has 62 valence electrons. The van der Waals surface area contributed by atoms with Crippen LogP contribution in [0, 0.1) is 11.8 Å². The molecule has 11 heavy (non-hydrogen) atoms. The Kier molecular flexibility index (Phi) is 2.39. The van der Waals surface area contributed by atoms with Gasteiger partial charge in [0.15, 0.2) is 0 Å². The summed E-state index contributed by atoms with van der Waals surface area (Å²) >= 11 is 0. The molecule has 3 unspecified atom stereocenters. The van der Waals surface area contributed by atoms with E-state index in [4.69, 9.17) is 0 Å². The topological polar surface area (TPSA) is 54.4 Å². The van der Waals surface area contributed by atoms with E-state index in [9.17, 15) is 14.7 Å². The van der Waals surface area contributed by atoms with E-state index < -0.39 is 6.10 Å². The first-order valence-corrected chi connectivity index (χ1v) is 3.80. The Morgan fingerprint density at radius 2 is 2.18 bits per heavy atom. The van der Waals surface area contributed by atoms with Crippen LogP contribution in [-0.2, 0) is 9.59 Å². The third kappa shape index (κ3) is 1.66. The normalized spacial score (nSPS) is 38.7. The Morgan fingerprint density at radius 1 is 1.55 bits per heavy atom. The number of aliphatic hydroxyl groups excluding tert-OH is 1. The van der Waals surface area contributed by atoms with Gasteiger partial charge in [-0.25, -0.2) is 0 Å². The van der Waals surface area contributed by atoms with Crippen molar-refractivity contribution in [3.05, 3.63) is 0 Å². The van der Waals surface area contributed by atoms with E-state index in [2.05, 4.69) is 0 Å². The van der Waals surface area contributed by atoms with Crippen LogP contribution in [0.4, 0.5) is 0 Å². The Labute approximate surface area is 65.4 Å². The molecule has 0 radical (unpaired) electrons. The monoisotopic (exact) mass is 156 g/mol. The average Bonchev–Trinajstić information content (AvgIpc) is 1.85. The van der Waals surface area contributed by atoms with Crippen molar-refractivity contribution in [2.75, 3.05) is 0 Å². The molecular formula is C8H12O3. The quantitative estimate of drug-likeness (QED) is 0.550. The number of Topliss-reactive ketones (excluding diaryl/α,β-unsaturated/α-hetero) is 1. The van der Waals surface area contributed by atoms with Gasteiger partial charge in [-0.15, -0.1) is 0 Å². The van der Waals surface area contributed by atoms with Crippen LogP contribution < -0.4 is 0 Å². The highest BCUT2D eigenvalue weighted by Gasteiger charge is 2.32. The number of hydrogen-bond acceptors (Lipinski definition) is 3. The van der Waals surface area contributed by atoms with E-state index in [0.717, 1.165) is 6.29 Å². The van der Waals surface area contributed by atoms with Crippen molar-refractivity contribution in [1.29, 1.82) is 0 Å². The molecule has 0 aliphatic heterocycles. The second-order valence-electron chi connectivity index (χ2n) is 3.20. The molecule has 0 amide bonds. The molecule has 1 aliphatic rings. The van der Waals surface area contributed by atoms with Gasteiger partial charge >= 0.3 is 0 Å². The summed E-state index contributed by atoms with van der Waals surface area (Å²) in [4.78, 5) is 21.3. The van der Waals surface area contributed by atoms with Crippen molar-refractivity contribution in [2.45, 2.75) is 25.9 Å². The van der Waals surface area contributed by atoms with Crippen LogP contribution in [0.5, 0.6) is 0 Å². The van der Waals surface area contributed by atoms with Gasteiger partial charge in [0, 0.05) is 18.8 Å². The first-order chi connectivity index (χ1) is 5.15. The van der Waals surface area contributed by atoms with Crippen molar-refractivity contribution in [3.63, 3.8) is 0 Å². The van der Waals surface area contributed by atoms with Crippen LogP contribution in [-0.4, -0.2) is 23.3 Å². The molecule has 1 N–H and O–H groups in total. The lowest BCUT2D eigenvalue weighted by Crippen LogP contribution is -2.36. The van der Waals surface area contributed by atoms with Gasteiger partial charge in [-0.3, -0.25) is 4.79 Å². The Bertz CT molecular complexity index is 162. The number of rotatable bonds is 1. The fraction of sp³-hybridized carbons (Fsp3) is 0.750. The van der Waals surface area contributed by atoms with E-state index >= 15 is 0 Å². The average molecular weight is 156 g/mol. The first kappa shape index (κ1) is 8.40. The molecule has 3 heteroatoms. The van der Waals surface area contributed by atoms with E-state index in [-0.39, 0.29) is 24.0 Å². The number of carbonyl (C=O) groups excluding carboxylic acids is 2. The highest BCUT2D eigenvalue weighted by molar-refractivity contribution is 5.81. The van der Waals surface area contributed by atoms with Crippen molar-refractivity contribution in [3.8, 4) is 0 Å². The summed E-state index contributed by atoms with van der Waals surface area (Å²) in [6.45, 7) is 1.82. The summed E-state index contributed by atoms with van der Waals surface area (Å²) in [6, 6.07) is 0. The summed E-state index contributed by atoms with van der Waals surface area (Å²) in [7, 11) is 0. The fourth-order valence-electron chi connectivity index (χ4n) is 1.55. The number of ketones is 1. The van der Waals surface area contributed by atoms with E-state index in [0.29, 0.717) is 6.42 Å². The van der Waals surface area contributed by atoms with Crippen molar-refractivity contribution >= 4 is 12.1 Å². The molecule has 0 aromatic rings. The molecule has 0 bridgehead atoms. The van der Waals surface area contributed by atoms with Crippen LogP contribution >= 0.6 is 0 Å². The summed E-state index contributed by atoms with van der Waals surface area (Å²) in [5.41, 5.74) is 0. The van der Waals surface area contributed by atoms with E-state index in [1.165, 1.54) is 0 Å². The minimum Gasteiger partial charge on any atom is -0.392 e. The molecule has 1 aliphatic carbocycles. The number of hydrogen-bond donors (Lipinski definition) is 1. The second-order valence-corrected chi connectivity index (χ2v) is 3.20. The summed E-state index contributed by atoms with van der Waals surface area (Å²) in [5.74, 6) is -0.278. The van der Waals surface area contributed by atoms with Gasteiger partial charge in [-0.05, 0) is 5.92 Å². The molecule has 1 fully saturated rings. The molecule has 0 spiro atoms. The van der Waals surface area contributed by atoms with Crippen LogP contribution in [0.2, 0.25) is 0 Å². The zero-order chi connectivity index (χ0) is 8.43. The van der Waals surface area contributed by atoms with Gasteiger partial charge in [-0.1, -0.05) is 6.92 Å². The lowest BCUT2D eigenvalue weighted by atomic mass is 9.79. The fourth-order valence-corrected chi connectivity index (χ4v) is 1.55. The second kappa shape index (κ2) is 3.13. The standard InChI is InChI=1S/C8H12O3/c1-5-2-6(10)3-8(11)7(5)4-9/h4-5,7-8,11H,2-3H2,1H3. The molecule has 3 atom stereocenters. The largest absolute Gasteiger partial charge is 0.392 e. The predicted molar refractivity (Wildman–Crippen MR) is 39.0 cm³/mol. The van der Waals surface area contributed by atoms with Gasteiger partial charge in [0.05, 0.1) is 6.10 Å². The first-order valence-electron chi connectivity index (χ1n) is 3.80. The molecule has 1 rings (SSSR count). The highest BCUT2D eigenvalue weighted by atomic mass is 16.3. The predicted octanol–water partition coefficient (Wildman–Crippen LogP) is 0.161. The Balaban J connectivity index is 2.66. The third-order valence-corrected chi connectivity index (χ3v) is 2.24. The molecule has 0 saturated heterocycles. The van der Waals surface area contributed by atoms with Crippen LogP contribution in [0.25, 0.3) is 0 Å². The maximum atomic E-state index is 10.9. The summed E-state index contributed by atoms with van der Waals surface area (Å²) in [5, 5.41) is 9.26. The smallest absolute Gasteiger partial charge is 0.135 e. The van der Waals surface area contributed by atoms with Gasteiger partial charge in [0.1, 0.15) is 12.1 Å². The van der Waals surface area contributed by atoms with E-state index in [1.807, 2.05) is 6.92 Å². The van der Waals surface area contributed by atoms with E-state index in [1.54, 1.807) is 0 Å². The van der Waals surface area contributed by atoms with Gasteiger partial charge in [0.25, 0.3) is 0 Å². The summed E-state index contributed by atoms with van der Waals surface area (Å²) in [6.07, 6.45) is 0.583. The number of carbonyl (C=O) groups is 2. The SMILES string of the molecule is CC1CC(=O)CC(O)C1C=O. The van der Waals surface area contributed by atoms with Crippen LogP contribution in [0.15, 0.2) is 0 Å². The summed E-state index contributed by atoms with van der Waals surface area (Å²) < 4.78 is 0. The lowest BCUT2D eigenvalue weighted by Gasteiger charge is -2.27. The maximum Gasteiger partial charge on any atom is 0.135 e. The zero-order valence-corrected chi connectivity index (χ0v) is 6.49. The Hall–Kier alpha value is -0.700. The minimum atomic E-state index is -0.747. The molecule has 0 heterocycles. The van der Waals surface area contributed by atoms with Crippen LogP contribution in [0.3, 0.4) is 0 Å². The minimum absolute atomic E-state index is 0.00347. The van der Waals surface area contributed by atoms with Crippen molar-refractivity contribution < 1.29 is 14.7 Å². The lowest BCUT2D eigenvalue weighted by molar-refractivity contribution is -0.130. The molecule has 1 saturated carbocycles. The third-order valence-electron chi connectivity index (χ3n) is 2.24. The Morgan fingerprint density at radius 3 is 2.64 bits per heavy atom.